The highest BCUT2D eigenvalue weighted by Gasteiger charge is 2.26. The highest BCUT2D eigenvalue weighted by molar-refractivity contribution is 5.92. The molecule has 1 N–H and O–H groups in total. The van der Waals surface area contributed by atoms with Crippen LogP contribution in [0.5, 0.6) is 0 Å². The van der Waals surface area contributed by atoms with Crippen LogP contribution in [0.25, 0.3) is 0 Å². The Bertz CT molecular complexity index is 657. The van der Waals surface area contributed by atoms with Gasteiger partial charge >= 0.3 is 0 Å². The lowest BCUT2D eigenvalue weighted by molar-refractivity contribution is 0.0273. The molecule has 0 atom stereocenters. The summed E-state index contributed by atoms with van der Waals surface area (Å²) >= 11 is 0. The van der Waals surface area contributed by atoms with Gasteiger partial charge in [-0.25, -0.2) is 0 Å². The van der Waals surface area contributed by atoms with Gasteiger partial charge in [-0.2, -0.15) is 5.10 Å². The molecule has 2 rings (SSSR count). The molecule has 2 aromatic rings. The van der Waals surface area contributed by atoms with E-state index in [1.807, 2.05) is 44.2 Å². The summed E-state index contributed by atoms with van der Waals surface area (Å²) in [6.07, 6.45) is 0. The molecule has 124 valence electrons. The van der Waals surface area contributed by atoms with Crippen LogP contribution in [0.3, 0.4) is 0 Å². The van der Waals surface area contributed by atoms with Crippen LogP contribution in [0.1, 0.15) is 42.5 Å². The minimum absolute atomic E-state index is 0.113. The summed E-state index contributed by atoms with van der Waals surface area (Å²) in [7, 11) is 0. The zero-order chi connectivity index (χ0) is 17.0. The number of aromatic nitrogens is 2. The van der Waals surface area contributed by atoms with Gasteiger partial charge in [0.1, 0.15) is 5.69 Å². The average molecular weight is 315 g/mol. The van der Waals surface area contributed by atoms with Gasteiger partial charge in [-0.1, -0.05) is 30.3 Å². The SMILES string of the molecule is CCn1nc(C)cc1C(=O)N(Cc1ccccc1)CC(C)(C)O. The molecular formula is C18H25N3O2. The Morgan fingerprint density at radius 3 is 2.52 bits per heavy atom. The van der Waals surface area contributed by atoms with Crippen molar-refractivity contribution in [3.8, 4) is 0 Å². The largest absolute Gasteiger partial charge is 0.389 e. The summed E-state index contributed by atoms with van der Waals surface area (Å²) in [6, 6.07) is 11.6. The molecule has 5 heteroatoms. The first-order valence-electron chi connectivity index (χ1n) is 7.90. The normalized spacial score (nSPS) is 11.5. The van der Waals surface area contributed by atoms with Gasteiger partial charge in [0.05, 0.1) is 11.3 Å². The van der Waals surface area contributed by atoms with Crippen LogP contribution >= 0.6 is 0 Å². The predicted octanol–water partition coefficient (Wildman–Crippen LogP) is 2.62. The maximum absolute atomic E-state index is 13.0. The molecular weight excluding hydrogens is 290 g/mol. The van der Waals surface area contributed by atoms with E-state index in [-0.39, 0.29) is 12.5 Å². The van der Waals surface area contributed by atoms with Crippen molar-refractivity contribution in [1.82, 2.24) is 14.7 Å². The minimum atomic E-state index is -0.962. The molecule has 0 radical (unpaired) electrons. The zero-order valence-electron chi connectivity index (χ0n) is 14.3. The smallest absolute Gasteiger partial charge is 0.272 e. The monoisotopic (exact) mass is 315 g/mol. The van der Waals surface area contributed by atoms with E-state index in [0.717, 1.165) is 11.3 Å². The van der Waals surface area contributed by atoms with Crippen LogP contribution in [0, 0.1) is 6.92 Å². The number of carbonyl (C=O) groups excluding carboxylic acids is 1. The van der Waals surface area contributed by atoms with Crippen molar-refractivity contribution in [3.05, 3.63) is 53.3 Å². The van der Waals surface area contributed by atoms with Crippen molar-refractivity contribution < 1.29 is 9.90 Å². The molecule has 1 heterocycles. The molecule has 5 nitrogen and oxygen atoms in total. The Labute approximate surface area is 137 Å². The van der Waals surface area contributed by atoms with Crippen LogP contribution in [0.4, 0.5) is 0 Å². The molecule has 0 spiro atoms. The van der Waals surface area contributed by atoms with Gasteiger partial charge in [0.2, 0.25) is 0 Å². The molecule has 0 saturated carbocycles. The van der Waals surface area contributed by atoms with Gasteiger partial charge in [-0.05, 0) is 39.3 Å². The molecule has 0 aliphatic carbocycles. The first-order chi connectivity index (χ1) is 10.8. The summed E-state index contributed by atoms with van der Waals surface area (Å²) in [4.78, 5) is 14.7. The van der Waals surface area contributed by atoms with Crippen LogP contribution in [0.2, 0.25) is 0 Å². The molecule has 0 saturated heterocycles. The van der Waals surface area contributed by atoms with Crippen molar-refractivity contribution in [2.24, 2.45) is 0 Å². The van der Waals surface area contributed by atoms with E-state index >= 15 is 0 Å². The second-order valence-electron chi connectivity index (χ2n) is 6.45. The maximum Gasteiger partial charge on any atom is 0.272 e. The highest BCUT2D eigenvalue weighted by Crippen LogP contribution is 2.15. The van der Waals surface area contributed by atoms with Gasteiger partial charge in [0.25, 0.3) is 5.91 Å². The van der Waals surface area contributed by atoms with E-state index in [4.69, 9.17) is 0 Å². The second kappa shape index (κ2) is 6.96. The maximum atomic E-state index is 13.0. The number of nitrogens with zero attached hydrogens (tertiary/aromatic N) is 3. The minimum Gasteiger partial charge on any atom is -0.389 e. The molecule has 1 amide bonds. The highest BCUT2D eigenvalue weighted by atomic mass is 16.3. The molecule has 0 unspecified atom stereocenters. The van der Waals surface area contributed by atoms with Gasteiger partial charge in [-0.3, -0.25) is 9.48 Å². The summed E-state index contributed by atoms with van der Waals surface area (Å²) in [5, 5.41) is 14.5. The van der Waals surface area contributed by atoms with Crippen molar-refractivity contribution in [1.29, 1.82) is 0 Å². The van der Waals surface area contributed by atoms with Crippen molar-refractivity contribution in [2.75, 3.05) is 6.54 Å². The van der Waals surface area contributed by atoms with Crippen molar-refractivity contribution in [2.45, 2.75) is 46.4 Å². The molecule has 0 bridgehead atoms. The summed E-state index contributed by atoms with van der Waals surface area (Å²) in [5.41, 5.74) is 1.45. The Balaban J connectivity index is 2.30. The molecule has 0 aliphatic heterocycles. The number of aliphatic hydroxyl groups is 1. The van der Waals surface area contributed by atoms with E-state index in [1.54, 1.807) is 29.5 Å². The van der Waals surface area contributed by atoms with E-state index in [0.29, 0.717) is 18.8 Å². The molecule has 0 fully saturated rings. The Hall–Kier alpha value is -2.14. The molecule has 1 aromatic heterocycles. The number of amides is 1. The number of rotatable bonds is 6. The lowest BCUT2D eigenvalue weighted by Crippen LogP contribution is -2.42. The van der Waals surface area contributed by atoms with Gasteiger partial charge < -0.3 is 10.0 Å². The van der Waals surface area contributed by atoms with Crippen LogP contribution in [-0.2, 0) is 13.1 Å². The third-order valence-electron chi connectivity index (χ3n) is 3.50. The first kappa shape index (κ1) is 17.2. The lowest BCUT2D eigenvalue weighted by atomic mass is 10.1. The summed E-state index contributed by atoms with van der Waals surface area (Å²) in [6.45, 7) is 8.60. The van der Waals surface area contributed by atoms with E-state index < -0.39 is 5.60 Å². The van der Waals surface area contributed by atoms with Gasteiger partial charge in [0.15, 0.2) is 0 Å². The van der Waals surface area contributed by atoms with E-state index in [2.05, 4.69) is 5.10 Å². The summed E-state index contributed by atoms with van der Waals surface area (Å²) in [5.74, 6) is -0.113. The Morgan fingerprint density at radius 1 is 1.30 bits per heavy atom. The topological polar surface area (TPSA) is 58.4 Å². The number of aryl methyl sites for hydroxylation is 2. The van der Waals surface area contributed by atoms with Crippen molar-refractivity contribution in [3.63, 3.8) is 0 Å². The third-order valence-corrected chi connectivity index (χ3v) is 3.50. The fraction of sp³-hybridized carbons (Fsp3) is 0.444. The quantitative estimate of drug-likeness (QED) is 0.891. The van der Waals surface area contributed by atoms with Crippen LogP contribution in [0.15, 0.2) is 36.4 Å². The fourth-order valence-electron chi connectivity index (χ4n) is 2.59. The summed E-state index contributed by atoms with van der Waals surface area (Å²) < 4.78 is 1.71. The molecule has 1 aromatic carbocycles. The van der Waals surface area contributed by atoms with Crippen LogP contribution in [-0.4, -0.2) is 37.8 Å². The fourth-order valence-corrected chi connectivity index (χ4v) is 2.59. The van der Waals surface area contributed by atoms with Gasteiger partial charge in [0, 0.05) is 19.6 Å². The Kier molecular flexibility index (Phi) is 5.21. The third kappa shape index (κ3) is 4.66. The van der Waals surface area contributed by atoms with Crippen molar-refractivity contribution >= 4 is 5.91 Å². The zero-order valence-corrected chi connectivity index (χ0v) is 14.3. The second-order valence-corrected chi connectivity index (χ2v) is 6.45. The average Bonchev–Trinajstić information content (AvgIpc) is 2.86. The molecule has 23 heavy (non-hydrogen) atoms. The predicted molar refractivity (Wildman–Crippen MR) is 90.1 cm³/mol. The number of benzene rings is 1. The van der Waals surface area contributed by atoms with E-state index in [9.17, 15) is 9.90 Å². The van der Waals surface area contributed by atoms with Gasteiger partial charge in [-0.15, -0.1) is 0 Å². The Morgan fingerprint density at radius 2 is 1.96 bits per heavy atom. The standard InChI is InChI=1S/C18H25N3O2/c1-5-21-16(11-14(2)19-21)17(22)20(13-18(3,4)23)12-15-9-7-6-8-10-15/h6-11,23H,5,12-13H2,1-4H3. The number of carbonyl (C=O) groups is 1. The number of hydrogen-bond acceptors (Lipinski definition) is 3. The van der Waals surface area contributed by atoms with Crippen LogP contribution < -0.4 is 0 Å². The number of hydrogen-bond donors (Lipinski definition) is 1. The van der Waals surface area contributed by atoms with E-state index in [1.165, 1.54) is 0 Å². The molecule has 0 aliphatic rings. The lowest BCUT2D eigenvalue weighted by Gasteiger charge is -2.29. The first-order valence-corrected chi connectivity index (χ1v) is 7.90.